The van der Waals surface area contributed by atoms with Crippen molar-refractivity contribution in [1.29, 1.82) is 0 Å². The van der Waals surface area contributed by atoms with E-state index in [-0.39, 0.29) is 139 Å². The van der Waals surface area contributed by atoms with Gasteiger partial charge in [0.05, 0.1) is 57.9 Å². The van der Waals surface area contributed by atoms with Crippen molar-refractivity contribution in [2.24, 2.45) is 80.8 Å². The number of ether oxygens (including phenoxy) is 13. The van der Waals surface area contributed by atoms with Crippen LogP contribution in [0.3, 0.4) is 0 Å². The summed E-state index contributed by atoms with van der Waals surface area (Å²) >= 11 is 0. The first-order valence-corrected chi connectivity index (χ1v) is 33.0. The number of rotatable bonds is 21. The Balaban J connectivity index is 0.000000145. The fourth-order valence-electron chi connectivity index (χ4n) is 14.6. The Morgan fingerprint density at radius 1 is 0.435 bits per heavy atom. The molecule has 6 saturated heterocycles. The number of carbonyl (C=O) groups is 12. The van der Waals surface area contributed by atoms with Gasteiger partial charge in [0.25, 0.3) is 0 Å². The highest BCUT2D eigenvalue weighted by atomic mass is 16.7. The van der Waals surface area contributed by atoms with E-state index in [1.54, 1.807) is 41.5 Å². The van der Waals surface area contributed by atoms with Gasteiger partial charge in [-0.1, -0.05) is 27.7 Å². The smallest absolute Gasteiger partial charge is 0.350 e. The molecule has 12 fully saturated rings. The van der Waals surface area contributed by atoms with E-state index in [9.17, 15) is 57.5 Å². The fraction of sp³-hybridized carbons (Fsp3) is 0.821. The maximum Gasteiger partial charge on any atom is 0.350 e. The summed E-state index contributed by atoms with van der Waals surface area (Å²) in [6.45, 7) is 26.0. The first-order valence-electron chi connectivity index (χ1n) is 33.0. The molecule has 92 heavy (non-hydrogen) atoms. The largest absolute Gasteiger partial charge is 0.465 e. The second-order valence-corrected chi connectivity index (χ2v) is 30.1. The van der Waals surface area contributed by atoms with Crippen molar-refractivity contribution in [3.8, 4) is 0 Å². The van der Waals surface area contributed by atoms with Crippen LogP contribution in [0.4, 0.5) is 0 Å². The highest BCUT2D eigenvalue weighted by Gasteiger charge is 2.67. The third kappa shape index (κ3) is 13.8. The van der Waals surface area contributed by atoms with Crippen molar-refractivity contribution in [3.63, 3.8) is 0 Å². The van der Waals surface area contributed by atoms with Gasteiger partial charge in [-0.25, -0.2) is 14.4 Å². The minimum absolute atomic E-state index is 0.0113. The first kappa shape index (κ1) is 69.9. The molecule has 0 aromatic heterocycles. The molecule has 6 aliphatic heterocycles. The molecule has 25 heteroatoms. The van der Waals surface area contributed by atoms with Crippen molar-refractivity contribution in [3.05, 3.63) is 0 Å². The summed E-state index contributed by atoms with van der Waals surface area (Å²) < 4.78 is 69.7. The van der Waals surface area contributed by atoms with Crippen LogP contribution in [-0.2, 0) is 119 Å². The van der Waals surface area contributed by atoms with Gasteiger partial charge in [-0.2, -0.15) is 0 Å². The monoisotopic (exact) mass is 1300 g/mol. The van der Waals surface area contributed by atoms with Crippen LogP contribution >= 0.6 is 0 Å². The van der Waals surface area contributed by atoms with E-state index in [0.29, 0.717) is 32.1 Å². The molecule has 6 saturated carbocycles. The van der Waals surface area contributed by atoms with Gasteiger partial charge >= 0.3 is 71.6 Å². The predicted octanol–water partition coefficient (Wildman–Crippen LogP) is 6.52. The minimum Gasteiger partial charge on any atom is -0.465 e. The van der Waals surface area contributed by atoms with E-state index < -0.39 is 106 Å². The van der Waals surface area contributed by atoms with Crippen molar-refractivity contribution < 1.29 is 119 Å². The maximum absolute atomic E-state index is 12.6. The number of hydrogen-bond donors (Lipinski definition) is 0. The first-order chi connectivity index (χ1) is 43.0. The van der Waals surface area contributed by atoms with E-state index in [1.807, 2.05) is 41.5 Å². The van der Waals surface area contributed by atoms with Crippen LogP contribution in [0.2, 0.25) is 0 Å². The summed E-state index contributed by atoms with van der Waals surface area (Å²) in [6, 6.07) is 0. The summed E-state index contributed by atoms with van der Waals surface area (Å²) in [7, 11) is 0. The van der Waals surface area contributed by atoms with Crippen LogP contribution in [0, 0.1) is 80.8 Å². The van der Waals surface area contributed by atoms with E-state index in [0.717, 1.165) is 38.5 Å². The van der Waals surface area contributed by atoms with Crippen LogP contribution in [-0.4, -0.2) is 158 Å². The summed E-state index contributed by atoms with van der Waals surface area (Å²) in [5.74, 6) is -3.65. The summed E-state index contributed by atoms with van der Waals surface area (Å²) in [5, 5.41) is 0. The molecule has 8 bridgehead atoms. The SMILES string of the molecule is CCC(C)(C)C(=O)OC(C)(C)C(=O)OC1C2CC3C(=O)OC1C3C2.CCC(C)(C)C(=O)OC(C)C(=O)OC1C2CC3C(=O)OC1C3C2.CCC(C)(C)C(=O)OCC(=O)OC1C2CC3C(=O)OC1C3O2.CCC(C)(C)C(=O)OCCC(=O)OC1C2CC3C(=O)OC1C3C2. The highest BCUT2D eigenvalue weighted by Crippen LogP contribution is 2.58. The van der Waals surface area contributed by atoms with Crippen molar-refractivity contribution >= 4 is 71.6 Å². The van der Waals surface area contributed by atoms with Gasteiger partial charge in [0.15, 0.2) is 24.9 Å². The Kier molecular flexibility index (Phi) is 20.1. The Hall–Kier alpha value is -6.40. The van der Waals surface area contributed by atoms with Crippen molar-refractivity contribution in [2.45, 2.75) is 254 Å². The molecule has 0 amide bonds. The second-order valence-electron chi connectivity index (χ2n) is 30.1. The zero-order chi connectivity index (χ0) is 67.6. The van der Waals surface area contributed by atoms with Gasteiger partial charge in [-0.15, -0.1) is 0 Å². The molecule has 6 heterocycles. The summed E-state index contributed by atoms with van der Waals surface area (Å²) in [5.41, 5.74) is -3.83. The molecule has 6 aliphatic carbocycles. The molecule has 12 aliphatic rings. The van der Waals surface area contributed by atoms with Gasteiger partial charge in [-0.3, -0.25) is 43.2 Å². The Bertz CT molecular complexity index is 2920. The molecule has 21 unspecified atom stereocenters. The molecular weight excluding hydrogens is 1200 g/mol. The molecule has 0 aromatic rings. The topological polar surface area (TPSA) is 325 Å². The molecule has 21 atom stereocenters. The van der Waals surface area contributed by atoms with Gasteiger partial charge in [0.2, 0.25) is 5.60 Å². The zero-order valence-corrected chi connectivity index (χ0v) is 55.7. The lowest BCUT2D eigenvalue weighted by atomic mass is 9.88. The molecule has 25 nitrogen and oxygen atoms in total. The average molecular weight is 1300 g/mol. The van der Waals surface area contributed by atoms with Crippen LogP contribution in [0.25, 0.3) is 0 Å². The van der Waals surface area contributed by atoms with Gasteiger partial charge in [-0.05, 0) is 147 Å². The maximum atomic E-state index is 12.6. The number of carbonyl (C=O) groups excluding carboxylic acids is 12. The third-order valence-corrected chi connectivity index (χ3v) is 22.1. The lowest BCUT2D eigenvalue weighted by molar-refractivity contribution is -0.192. The normalized spacial score (nSPS) is 34.9. The molecule has 512 valence electrons. The number of esters is 12. The molecule has 0 N–H and O–H groups in total. The van der Waals surface area contributed by atoms with Crippen LogP contribution in [0.5, 0.6) is 0 Å². The van der Waals surface area contributed by atoms with Crippen LogP contribution < -0.4 is 0 Å². The molecule has 0 spiro atoms. The predicted molar refractivity (Wildman–Crippen MR) is 313 cm³/mol. The standard InChI is InChI=1S/C18H26O6.2C17H24O6.C15H20O7/c1-6-17(2,3)15(20)24-18(4,5)16(21)23-12-9-7-10-11(8-9)14(19)22-13(10)12;1-5-17(3,4)16(20)21-8(2)14(18)22-12-9-6-10-11(7-9)15(19)23-13(10)12;1-4-17(2,3)16(20)21-6-5-12(18)22-13-9-7-10-11(8-9)15(19)23-14(10)13;1-4-15(2,3)14(18)19-6-9(16)21-11-8-5-7-10(20-8)12(11)22-13(7)17/h9-13H,6-8H2,1-5H3;8-13H,5-7H2,1-4H3;9-11,13-14H,4-8H2,1-3H3;7-8,10-12H,4-6H2,1-3H3. The number of hydrogen-bond acceptors (Lipinski definition) is 25. The molecule has 12 rings (SSSR count). The van der Waals surface area contributed by atoms with Gasteiger partial charge in [0, 0.05) is 35.5 Å². The van der Waals surface area contributed by atoms with Crippen molar-refractivity contribution in [1.82, 2.24) is 0 Å². The van der Waals surface area contributed by atoms with Crippen molar-refractivity contribution in [2.75, 3.05) is 13.2 Å². The zero-order valence-electron chi connectivity index (χ0n) is 55.7. The lowest BCUT2D eigenvalue weighted by Gasteiger charge is -2.32. The van der Waals surface area contributed by atoms with E-state index in [1.165, 1.54) is 20.8 Å². The quantitative estimate of drug-likeness (QED) is 0.0871. The minimum atomic E-state index is -1.37. The van der Waals surface area contributed by atoms with E-state index in [4.69, 9.17) is 61.6 Å². The number of fused-ring (bicyclic) bond motifs is 4. The van der Waals surface area contributed by atoms with E-state index in [2.05, 4.69) is 0 Å². The fourth-order valence-corrected chi connectivity index (χ4v) is 14.6. The average Bonchev–Trinajstić information content (AvgIpc) is 1.60. The molecular formula is C67H94O25. The van der Waals surface area contributed by atoms with Gasteiger partial charge < -0.3 is 61.6 Å². The second kappa shape index (κ2) is 26.4. The Morgan fingerprint density at radius 2 is 0.837 bits per heavy atom. The molecule has 0 radical (unpaired) electrons. The summed E-state index contributed by atoms with van der Waals surface area (Å²) in [6.07, 6.45) is 3.19. The Labute approximate surface area is 536 Å². The molecule has 0 aromatic carbocycles. The van der Waals surface area contributed by atoms with Crippen LogP contribution in [0.15, 0.2) is 0 Å². The third-order valence-electron chi connectivity index (χ3n) is 22.1. The lowest BCUT2D eigenvalue weighted by Crippen LogP contribution is -2.46. The summed E-state index contributed by atoms with van der Waals surface area (Å²) in [4.78, 5) is 143. The van der Waals surface area contributed by atoms with E-state index >= 15 is 0 Å². The Morgan fingerprint density at radius 3 is 1.32 bits per heavy atom. The van der Waals surface area contributed by atoms with Crippen LogP contribution in [0.1, 0.15) is 181 Å². The highest BCUT2D eigenvalue weighted by molar-refractivity contribution is 5.86. The van der Waals surface area contributed by atoms with Gasteiger partial charge in [0.1, 0.15) is 49.3 Å².